The van der Waals surface area contributed by atoms with E-state index in [0.29, 0.717) is 5.69 Å². The zero-order valence-corrected chi connectivity index (χ0v) is 11.7. The second-order valence-electron chi connectivity index (χ2n) is 4.33. The molecule has 0 fully saturated rings. The van der Waals surface area contributed by atoms with Crippen LogP contribution in [0, 0.1) is 5.82 Å². The number of carbonyl (C=O) groups excluding carboxylic acids is 1. The molecule has 0 aliphatic carbocycles. The van der Waals surface area contributed by atoms with Crippen LogP contribution in [0.1, 0.15) is 10.4 Å². The Morgan fingerprint density at radius 3 is 2.76 bits per heavy atom. The lowest BCUT2D eigenvalue weighted by Crippen LogP contribution is -2.14. The summed E-state index contributed by atoms with van der Waals surface area (Å²) in [4.78, 5) is 16.9. The van der Waals surface area contributed by atoms with E-state index in [1.165, 1.54) is 12.3 Å². The van der Waals surface area contributed by atoms with Gasteiger partial charge < -0.3 is 5.32 Å². The minimum Gasteiger partial charge on any atom is -0.321 e. The molecule has 104 valence electrons. The average Bonchev–Trinajstić information content (AvgIpc) is 3.02. The van der Waals surface area contributed by atoms with Crippen LogP contribution in [-0.4, -0.2) is 10.9 Å². The topological polar surface area (TPSA) is 42.0 Å². The Balaban J connectivity index is 1.93. The largest absolute Gasteiger partial charge is 0.321 e. The lowest BCUT2D eigenvalue weighted by atomic mass is 10.1. The fraction of sp³-hybridized carbons (Fsp3) is 0. The van der Waals surface area contributed by atoms with Crippen molar-refractivity contribution >= 4 is 22.9 Å². The fourth-order valence-corrected chi connectivity index (χ4v) is 2.75. The molecule has 21 heavy (non-hydrogen) atoms. The number of hydrogen-bond donors (Lipinski definition) is 1. The molecule has 0 radical (unpaired) electrons. The highest BCUT2D eigenvalue weighted by molar-refractivity contribution is 7.13. The van der Waals surface area contributed by atoms with E-state index < -0.39 is 11.7 Å². The highest BCUT2D eigenvalue weighted by Crippen LogP contribution is 2.31. The molecule has 1 aromatic carbocycles. The van der Waals surface area contributed by atoms with Crippen molar-refractivity contribution in [3.8, 4) is 10.4 Å². The summed E-state index contributed by atoms with van der Waals surface area (Å²) in [6.45, 7) is 0. The quantitative estimate of drug-likeness (QED) is 0.787. The van der Waals surface area contributed by atoms with Crippen molar-refractivity contribution in [2.24, 2.45) is 0 Å². The molecular weight excluding hydrogens is 287 g/mol. The number of amides is 1. The molecule has 5 heteroatoms. The lowest BCUT2D eigenvalue weighted by molar-refractivity contribution is 0.102. The van der Waals surface area contributed by atoms with Gasteiger partial charge in [0, 0.05) is 22.3 Å². The number of carbonyl (C=O) groups is 1. The van der Waals surface area contributed by atoms with Crippen LogP contribution in [0.2, 0.25) is 0 Å². The van der Waals surface area contributed by atoms with Gasteiger partial charge in [-0.05, 0) is 23.6 Å². The van der Waals surface area contributed by atoms with Gasteiger partial charge in [-0.1, -0.05) is 24.3 Å². The summed E-state index contributed by atoms with van der Waals surface area (Å²) in [5.41, 5.74) is 1.54. The van der Waals surface area contributed by atoms with Gasteiger partial charge >= 0.3 is 0 Å². The standard InChI is InChI=1S/C16H11FN2OS/c17-13-10-18-8-7-11(13)16(20)19-14-5-2-1-4-12(14)15-6-3-9-21-15/h1-10H,(H,19,20). The van der Waals surface area contributed by atoms with Crippen LogP contribution in [0.5, 0.6) is 0 Å². The van der Waals surface area contributed by atoms with Gasteiger partial charge in [0.05, 0.1) is 11.8 Å². The SMILES string of the molecule is O=C(Nc1ccccc1-c1cccs1)c1ccncc1F. The normalized spacial score (nSPS) is 10.3. The first-order valence-corrected chi connectivity index (χ1v) is 7.17. The summed E-state index contributed by atoms with van der Waals surface area (Å²) < 4.78 is 13.6. The molecule has 0 unspecified atom stereocenters. The molecule has 2 heterocycles. The number of nitrogens with one attached hydrogen (secondary N) is 1. The van der Waals surface area contributed by atoms with Crippen LogP contribution >= 0.6 is 11.3 Å². The van der Waals surface area contributed by atoms with E-state index in [0.717, 1.165) is 16.6 Å². The smallest absolute Gasteiger partial charge is 0.258 e. The molecule has 2 aromatic heterocycles. The number of benzene rings is 1. The number of aromatic nitrogens is 1. The van der Waals surface area contributed by atoms with Crippen molar-refractivity contribution in [3.05, 3.63) is 71.6 Å². The van der Waals surface area contributed by atoms with Crippen molar-refractivity contribution in [2.75, 3.05) is 5.32 Å². The molecular formula is C16H11FN2OS. The number of para-hydroxylation sites is 1. The minimum atomic E-state index is -0.636. The number of halogens is 1. The van der Waals surface area contributed by atoms with Gasteiger partial charge in [0.15, 0.2) is 5.82 Å². The maximum absolute atomic E-state index is 13.6. The summed E-state index contributed by atoms with van der Waals surface area (Å²) >= 11 is 1.58. The first-order valence-electron chi connectivity index (χ1n) is 6.29. The van der Waals surface area contributed by atoms with Gasteiger partial charge in [0.2, 0.25) is 0 Å². The molecule has 0 aliphatic rings. The molecule has 0 aliphatic heterocycles. The Labute approximate surface area is 125 Å². The molecule has 0 spiro atoms. The van der Waals surface area contributed by atoms with E-state index in [2.05, 4.69) is 10.3 Å². The molecule has 3 nitrogen and oxygen atoms in total. The van der Waals surface area contributed by atoms with E-state index in [9.17, 15) is 9.18 Å². The second kappa shape index (κ2) is 5.85. The Kier molecular flexibility index (Phi) is 3.75. The van der Waals surface area contributed by atoms with Crippen LogP contribution in [0.25, 0.3) is 10.4 Å². The Morgan fingerprint density at radius 2 is 2.00 bits per heavy atom. The third-order valence-electron chi connectivity index (χ3n) is 2.98. The van der Waals surface area contributed by atoms with E-state index >= 15 is 0 Å². The van der Waals surface area contributed by atoms with Gasteiger partial charge in [0.25, 0.3) is 5.91 Å². The molecule has 3 rings (SSSR count). The first-order chi connectivity index (χ1) is 10.3. The predicted octanol–water partition coefficient (Wildman–Crippen LogP) is 4.20. The monoisotopic (exact) mass is 298 g/mol. The van der Waals surface area contributed by atoms with Crippen LogP contribution < -0.4 is 5.32 Å². The predicted molar refractivity (Wildman–Crippen MR) is 81.9 cm³/mol. The minimum absolute atomic E-state index is 0.0222. The van der Waals surface area contributed by atoms with E-state index in [1.807, 2.05) is 35.7 Å². The molecule has 3 aromatic rings. The van der Waals surface area contributed by atoms with Crippen LogP contribution in [0.15, 0.2) is 60.2 Å². The van der Waals surface area contributed by atoms with E-state index in [4.69, 9.17) is 0 Å². The van der Waals surface area contributed by atoms with E-state index in [-0.39, 0.29) is 5.56 Å². The van der Waals surface area contributed by atoms with Crippen molar-refractivity contribution in [1.29, 1.82) is 0 Å². The zero-order valence-electron chi connectivity index (χ0n) is 10.9. The van der Waals surface area contributed by atoms with Gasteiger partial charge in [-0.3, -0.25) is 9.78 Å². The number of anilines is 1. The van der Waals surface area contributed by atoms with Crippen LogP contribution in [0.4, 0.5) is 10.1 Å². The number of pyridine rings is 1. The lowest BCUT2D eigenvalue weighted by Gasteiger charge is -2.10. The Hall–Kier alpha value is -2.53. The number of nitrogens with zero attached hydrogens (tertiary/aromatic N) is 1. The summed E-state index contributed by atoms with van der Waals surface area (Å²) in [5.74, 6) is -1.12. The van der Waals surface area contributed by atoms with Crippen molar-refractivity contribution in [2.45, 2.75) is 0 Å². The fourth-order valence-electron chi connectivity index (χ4n) is 1.99. The molecule has 0 saturated carbocycles. The Bertz CT molecular complexity index is 771. The summed E-state index contributed by atoms with van der Waals surface area (Å²) in [6.07, 6.45) is 2.42. The van der Waals surface area contributed by atoms with Crippen LogP contribution in [-0.2, 0) is 0 Å². The Morgan fingerprint density at radius 1 is 1.14 bits per heavy atom. The van der Waals surface area contributed by atoms with Crippen molar-refractivity contribution in [3.63, 3.8) is 0 Å². The molecule has 0 saturated heterocycles. The molecule has 0 atom stereocenters. The average molecular weight is 298 g/mol. The van der Waals surface area contributed by atoms with Gasteiger partial charge in [-0.2, -0.15) is 0 Å². The first kappa shape index (κ1) is 13.5. The van der Waals surface area contributed by atoms with E-state index in [1.54, 1.807) is 17.4 Å². The number of hydrogen-bond acceptors (Lipinski definition) is 3. The third kappa shape index (κ3) is 2.83. The van der Waals surface area contributed by atoms with Gasteiger partial charge in [-0.15, -0.1) is 11.3 Å². The highest BCUT2D eigenvalue weighted by Gasteiger charge is 2.14. The van der Waals surface area contributed by atoms with Gasteiger partial charge in [-0.25, -0.2) is 4.39 Å². The maximum atomic E-state index is 13.6. The third-order valence-corrected chi connectivity index (χ3v) is 3.88. The highest BCUT2D eigenvalue weighted by atomic mass is 32.1. The molecule has 1 amide bonds. The summed E-state index contributed by atoms with van der Waals surface area (Å²) in [6, 6.07) is 12.7. The van der Waals surface area contributed by atoms with Crippen molar-refractivity contribution < 1.29 is 9.18 Å². The summed E-state index contributed by atoms with van der Waals surface area (Å²) in [5, 5.41) is 4.72. The second-order valence-corrected chi connectivity index (χ2v) is 5.28. The van der Waals surface area contributed by atoms with Crippen LogP contribution in [0.3, 0.4) is 0 Å². The van der Waals surface area contributed by atoms with Gasteiger partial charge in [0.1, 0.15) is 0 Å². The number of thiophene rings is 1. The molecule has 1 N–H and O–H groups in total. The molecule has 0 bridgehead atoms. The summed E-state index contributed by atoms with van der Waals surface area (Å²) in [7, 11) is 0. The maximum Gasteiger partial charge on any atom is 0.258 e. The zero-order chi connectivity index (χ0) is 14.7. The number of rotatable bonds is 3. The van der Waals surface area contributed by atoms with Crippen molar-refractivity contribution in [1.82, 2.24) is 4.98 Å².